The molecule has 2 bridgehead atoms. The van der Waals surface area contributed by atoms with E-state index in [0.717, 1.165) is 18.4 Å². The van der Waals surface area contributed by atoms with Crippen LogP contribution < -0.4 is 4.90 Å². The van der Waals surface area contributed by atoms with E-state index in [1.54, 1.807) is 21.9 Å². The fraction of sp³-hybridized carbons (Fsp3) is 0.567. The van der Waals surface area contributed by atoms with E-state index in [1.165, 1.54) is 0 Å². The third-order valence-corrected chi connectivity index (χ3v) is 9.34. The zero-order chi connectivity index (χ0) is 29.0. The summed E-state index contributed by atoms with van der Waals surface area (Å²) in [7, 11) is 0. The van der Waals surface area contributed by atoms with Gasteiger partial charge in [-0.3, -0.25) is 14.4 Å². The van der Waals surface area contributed by atoms with Crippen LogP contribution in [0.1, 0.15) is 44.1 Å². The van der Waals surface area contributed by atoms with Gasteiger partial charge in [-0.1, -0.05) is 51.8 Å². The number of aliphatic hydroxyl groups excluding tert-OH is 1. The number of ether oxygens (including phenoxy) is 2. The summed E-state index contributed by atoms with van der Waals surface area (Å²) in [6, 6.07) is 4.44. The van der Waals surface area contributed by atoms with E-state index >= 15 is 0 Å². The number of para-hydroxylation sites is 1. The summed E-state index contributed by atoms with van der Waals surface area (Å²) in [6.45, 7) is 10.1. The number of esters is 1. The molecule has 1 aromatic rings. The summed E-state index contributed by atoms with van der Waals surface area (Å²) in [5.41, 5.74) is 0.156. The number of amides is 2. The molecule has 1 N–H and O–H groups in total. The summed E-state index contributed by atoms with van der Waals surface area (Å²) < 4.78 is 12.2. The van der Waals surface area contributed by atoms with Crippen molar-refractivity contribution in [3.63, 3.8) is 0 Å². The van der Waals surface area contributed by atoms with Gasteiger partial charge >= 0.3 is 5.97 Å². The number of benzene rings is 1. The third kappa shape index (κ3) is 5.50. The SMILES string of the molecule is C=CCCCCOC(=O)[C@H]1[C@H]2C(=O)N(CCCCO)C(C(=O)N(CC=C)c3c(C)cccc3Cl)C23CC(Br)[C@@H]1O3. The monoisotopic (exact) mass is 636 g/mol. The minimum absolute atomic E-state index is 0.0283. The van der Waals surface area contributed by atoms with Gasteiger partial charge < -0.3 is 24.4 Å². The molecule has 3 heterocycles. The number of aryl methyl sites for hydroxylation is 1. The third-order valence-electron chi connectivity index (χ3n) is 8.19. The molecule has 0 aliphatic carbocycles. The van der Waals surface area contributed by atoms with Crippen LogP contribution in [0.4, 0.5) is 5.69 Å². The van der Waals surface area contributed by atoms with E-state index in [9.17, 15) is 19.5 Å². The fourth-order valence-electron chi connectivity index (χ4n) is 6.51. The molecule has 8 nitrogen and oxygen atoms in total. The number of alkyl halides is 1. The average Bonchev–Trinajstić information content (AvgIpc) is 3.51. The van der Waals surface area contributed by atoms with E-state index in [1.807, 2.05) is 25.1 Å². The first-order chi connectivity index (χ1) is 19.2. The highest BCUT2D eigenvalue weighted by Gasteiger charge is 2.77. The molecular weight excluding hydrogens is 600 g/mol. The van der Waals surface area contributed by atoms with Crippen LogP contribution in [0.25, 0.3) is 0 Å². The number of rotatable bonds is 14. The Morgan fingerprint density at radius 3 is 2.73 bits per heavy atom. The number of carbonyl (C=O) groups is 3. The number of allylic oxidation sites excluding steroid dienone is 1. The van der Waals surface area contributed by atoms with Crippen molar-refractivity contribution in [1.82, 2.24) is 4.90 Å². The van der Waals surface area contributed by atoms with Crippen molar-refractivity contribution in [3.8, 4) is 0 Å². The highest BCUT2D eigenvalue weighted by Crippen LogP contribution is 2.60. The molecule has 4 rings (SSSR count). The standard InChI is InChI=1S/C30H38BrClN2O6/c1-4-6-7-10-17-39-29(38)22-23-27(36)34(15-8-9-16-35)26(30(23)18-20(31)25(22)40-30)28(37)33(14-5-2)24-19(3)12-11-13-21(24)32/h4-5,11-13,20,22-23,25-26,35H,1-2,6-10,14-18H2,3H3/t20?,22-,23-,25-,26?,30?/m0/s1. The second kappa shape index (κ2) is 13.2. The smallest absolute Gasteiger partial charge is 0.312 e. The summed E-state index contributed by atoms with van der Waals surface area (Å²) in [5, 5.41) is 9.81. The largest absolute Gasteiger partial charge is 0.465 e. The Morgan fingerprint density at radius 2 is 2.05 bits per heavy atom. The number of halogens is 2. The topological polar surface area (TPSA) is 96.4 Å². The number of carbonyl (C=O) groups excluding carboxylic acids is 3. The summed E-state index contributed by atoms with van der Waals surface area (Å²) in [6.07, 6.45) is 6.61. The highest BCUT2D eigenvalue weighted by molar-refractivity contribution is 9.09. The molecule has 0 saturated carbocycles. The van der Waals surface area contributed by atoms with Crippen molar-refractivity contribution in [2.45, 2.75) is 68.0 Å². The number of likely N-dealkylation sites (tertiary alicyclic amines) is 1. The molecule has 3 aliphatic rings. The predicted molar refractivity (Wildman–Crippen MR) is 157 cm³/mol. The van der Waals surface area contributed by atoms with Gasteiger partial charge in [0.1, 0.15) is 11.6 Å². The van der Waals surface area contributed by atoms with E-state index in [0.29, 0.717) is 36.4 Å². The lowest BCUT2D eigenvalue weighted by molar-refractivity contribution is -0.155. The molecule has 218 valence electrons. The molecule has 0 radical (unpaired) electrons. The molecule has 2 amide bonds. The van der Waals surface area contributed by atoms with Crippen LogP contribution in [0, 0.1) is 18.8 Å². The number of hydrogen-bond donors (Lipinski definition) is 1. The molecule has 3 saturated heterocycles. The van der Waals surface area contributed by atoms with E-state index in [4.69, 9.17) is 21.1 Å². The van der Waals surface area contributed by atoms with Gasteiger partial charge in [-0.2, -0.15) is 0 Å². The van der Waals surface area contributed by atoms with Crippen LogP contribution in [0.2, 0.25) is 5.02 Å². The summed E-state index contributed by atoms with van der Waals surface area (Å²) in [5.74, 6) is -2.76. The van der Waals surface area contributed by atoms with Gasteiger partial charge in [0, 0.05) is 24.5 Å². The number of unbranched alkanes of at least 4 members (excludes halogenated alkanes) is 3. The van der Waals surface area contributed by atoms with E-state index in [2.05, 4.69) is 29.1 Å². The Morgan fingerprint density at radius 1 is 1.27 bits per heavy atom. The Balaban J connectivity index is 1.71. The lowest BCUT2D eigenvalue weighted by Crippen LogP contribution is -2.57. The average molecular weight is 638 g/mol. The highest BCUT2D eigenvalue weighted by atomic mass is 79.9. The minimum atomic E-state index is -1.20. The van der Waals surface area contributed by atoms with Crippen molar-refractivity contribution < 1.29 is 29.0 Å². The van der Waals surface area contributed by atoms with Crippen molar-refractivity contribution >= 4 is 51.0 Å². The fourth-order valence-corrected chi connectivity index (χ4v) is 7.77. The van der Waals surface area contributed by atoms with Gasteiger partial charge in [0.2, 0.25) is 5.91 Å². The molecule has 40 heavy (non-hydrogen) atoms. The predicted octanol–water partition coefficient (Wildman–Crippen LogP) is 4.59. The molecule has 3 aliphatic heterocycles. The second-order valence-corrected chi connectivity index (χ2v) is 12.3. The van der Waals surface area contributed by atoms with Crippen LogP contribution in [-0.2, 0) is 23.9 Å². The zero-order valence-corrected chi connectivity index (χ0v) is 25.2. The maximum atomic E-state index is 14.6. The van der Waals surface area contributed by atoms with Crippen LogP contribution in [0.5, 0.6) is 0 Å². The van der Waals surface area contributed by atoms with Crippen molar-refractivity contribution in [2.75, 3.05) is 31.2 Å². The summed E-state index contributed by atoms with van der Waals surface area (Å²) >= 11 is 10.3. The van der Waals surface area contributed by atoms with Crippen LogP contribution >= 0.6 is 27.5 Å². The first kappa shape index (κ1) is 30.8. The first-order valence-corrected chi connectivity index (χ1v) is 15.2. The lowest BCUT2D eigenvalue weighted by atomic mass is 9.70. The minimum Gasteiger partial charge on any atom is -0.465 e. The van der Waals surface area contributed by atoms with E-state index < -0.39 is 35.6 Å². The maximum Gasteiger partial charge on any atom is 0.312 e. The van der Waals surface area contributed by atoms with Gasteiger partial charge in [-0.05, 0) is 57.1 Å². The molecule has 3 unspecified atom stereocenters. The molecule has 6 atom stereocenters. The van der Waals surface area contributed by atoms with Gasteiger partial charge in [-0.15, -0.1) is 13.2 Å². The summed E-state index contributed by atoms with van der Waals surface area (Å²) in [4.78, 5) is 45.0. The normalized spacial score (nSPS) is 28.4. The van der Waals surface area contributed by atoms with E-state index in [-0.39, 0.29) is 42.9 Å². The Bertz CT molecular complexity index is 1130. The van der Waals surface area contributed by atoms with Crippen LogP contribution in [0.15, 0.2) is 43.5 Å². The van der Waals surface area contributed by atoms with Crippen molar-refractivity contribution in [1.29, 1.82) is 0 Å². The molecule has 3 fully saturated rings. The van der Waals surface area contributed by atoms with Crippen LogP contribution in [0.3, 0.4) is 0 Å². The number of aliphatic hydroxyl groups is 1. The van der Waals surface area contributed by atoms with Crippen molar-refractivity contribution in [2.24, 2.45) is 11.8 Å². The number of hydrogen-bond acceptors (Lipinski definition) is 6. The molecule has 0 aromatic heterocycles. The second-order valence-electron chi connectivity index (χ2n) is 10.7. The molecular formula is C30H38BrClN2O6. The quantitative estimate of drug-likeness (QED) is 0.139. The maximum absolute atomic E-state index is 14.6. The number of anilines is 1. The molecule has 10 heteroatoms. The van der Waals surface area contributed by atoms with Crippen LogP contribution in [-0.4, -0.2) is 76.7 Å². The Hall–Kier alpha value is -2.20. The van der Waals surface area contributed by atoms with Crippen molar-refractivity contribution in [3.05, 3.63) is 54.1 Å². The lowest BCUT2D eigenvalue weighted by Gasteiger charge is -2.37. The van der Waals surface area contributed by atoms with Gasteiger partial charge in [0.05, 0.1) is 35.3 Å². The van der Waals surface area contributed by atoms with Gasteiger partial charge in [0.15, 0.2) is 0 Å². The first-order valence-electron chi connectivity index (χ1n) is 13.9. The molecule has 1 aromatic carbocycles. The van der Waals surface area contributed by atoms with Gasteiger partial charge in [0.25, 0.3) is 5.91 Å². The number of nitrogens with zero attached hydrogens (tertiary/aromatic N) is 2. The Labute approximate surface area is 249 Å². The number of fused-ring (bicyclic) bond motifs is 1. The zero-order valence-electron chi connectivity index (χ0n) is 22.9. The Kier molecular flexibility index (Phi) is 10.1. The molecule has 1 spiro atoms. The van der Waals surface area contributed by atoms with Gasteiger partial charge in [-0.25, -0.2) is 0 Å².